The highest BCUT2D eigenvalue weighted by Crippen LogP contribution is 2.62. The SMILES string of the molecule is O=C(OC(F)(C(F)(F)F)C(F)(F)F)C(F)(F)C(F)(F)C(F)(F)C(F)(F)C(F)(F)C(F)(F)C(F)(F)F. The molecule has 0 aromatic carbocycles. The quantitative estimate of drug-likeness (QED) is 0.247. The molecule has 2 nitrogen and oxygen atoms in total. The molecule has 0 aliphatic heterocycles. The summed E-state index contributed by atoms with van der Waals surface area (Å²) in [7, 11) is 0. The van der Waals surface area contributed by atoms with Crippen molar-refractivity contribution in [3.05, 3.63) is 0 Å². The average Bonchev–Trinajstić information content (AvgIpc) is 2.57. The fourth-order valence-electron chi connectivity index (χ4n) is 1.56. The van der Waals surface area contributed by atoms with Gasteiger partial charge in [0.2, 0.25) is 0 Å². The Morgan fingerprint density at radius 3 is 0.886 bits per heavy atom. The van der Waals surface area contributed by atoms with Gasteiger partial charge >= 0.3 is 65.9 Å². The molecule has 0 N–H and O–H groups in total. The molecule has 0 aliphatic rings. The van der Waals surface area contributed by atoms with E-state index in [9.17, 15) is 101 Å². The Balaban J connectivity index is 6.80. The van der Waals surface area contributed by atoms with Crippen LogP contribution in [0.2, 0.25) is 0 Å². The van der Waals surface area contributed by atoms with Crippen molar-refractivity contribution < 1.29 is 106 Å². The molecule has 210 valence electrons. The summed E-state index contributed by atoms with van der Waals surface area (Å²) in [5.74, 6) is -65.8. The van der Waals surface area contributed by atoms with Crippen molar-refractivity contribution >= 4 is 5.97 Å². The minimum atomic E-state index is -9.03. The monoisotopic (exact) mass is 582 g/mol. The van der Waals surface area contributed by atoms with Crippen LogP contribution in [-0.4, -0.2) is 65.9 Å². The van der Waals surface area contributed by atoms with Gasteiger partial charge in [-0.05, 0) is 0 Å². The number of hydrogen-bond donors (Lipinski definition) is 0. The molecule has 0 saturated carbocycles. The number of rotatable bonds is 7. The fraction of sp³-hybridized carbons (Fsp3) is 0.909. The largest absolute Gasteiger partial charge is 0.470 e. The first kappa shape index (κ1) is 32.9. The van der Waals surface area contributed by atoms with Gasteiger partial charge in [0.15, 0.2) is 0 Å². The number of ether oxygens (including phenoxy) is 1. The minimum absolute atomic E-state index is 1.35. The van der Waals surface area contributed by atoms with Gasteiger partial charge in [-0.2, -0.15) is 96.6 Å². The third-order valence-electron chi connectivity index (χ3n) is 3.55. The highest BCUT2D eigenvalue weighted by molar-refractivity contribution is 5.79. The van der Waals surface area contributed by atoms with E-state index in [2.05, 4.69) is 0 Å². The highest BCUT2D eigenvalue weighted by Gasteiger charge is 2.94. The number of carbonyl (C=O) groups excluding carboxylic acids is 1. The Kier molecular flexibility index (Phi) is 7.49. The van der Waals surface area contributed by atoms with E-state index in [1.807, 2.05) is 0 Å². The molecule has 0 spiro atoms. The lowest BCUT2D eigenvalue weighted by Gasteiger charge is -2.41. The Labute approximate surface area is 173 Å². The number of carbonyl (C=O) groups is 1. The van der Waals surface area contributed by atoms with E-state index < -0.39 is 65.9 Å². The molecule has 0 aromatic rings. The molecular weight excluding hydrogens is 582 g/mol. The third kappa shape index (κ3) is 4.37. The van der Waals surface area contributed by atoms with Crippen LogP contribution < -0.4 is 0 Å². The van der Waals surface area contributed by atoms with Gasteiger partial charge < -0.3 is 4.74 Å². The maximum absolute atomic E-state index is 13.3. The summed E-state index contributed by atoms with van der Waals surface area (Å²) in [4.78, 5) is 10.6. The average molecular weight is 582 g/mol. The Morgan fingerprint density at radius 1 is 0.371 bits per heavy atom. The van der Waals surface area contributed by atoms with Crippen LogP contribution >= 0.6 is 0 Å². The molecule has 0 heterocycles. The zero-order valence-electron chi connectivity index (χ0n) is 14.6. The fourth-order valence-corrected chi connectivity index (χ4v) is 1.56. The predicted molar refractivity (Wildman–Crippen MR) is 57.8 cm³/mol. The molecular formula is C11F22O2. The molecule has 0 fully saturated rings. The van der Waals surface area contributed by atoms with Crippen LogP contribution in [0.1, 0.15) is 0 Å². The van der Waals surface area contributed by atoms with E-state index in [4.69, 9.17) is 0 Å². The summed E-state index contributed by atoms with van der Waals surface area (Å²) in [6, 6.07) is 0. The second kappa shape index (κ2) is 7.96. The lowest BCUT2D eigenvalue weighted by atomic mass is 9.91. The Bertz CT molecular complexity index is 782. The number of halogens is 22. The predicted octanol–water partition coefficient (Wildman–Crippen LogP) is 6.69. The molecule has 0 aromatic heterocycles. The maximum Gasteiger partial charge on any atom is 0.470 e. The number of esters is 1. The molecule has 0 aliphatic carbocycles. The van der Waals surface area contributed by atoms with E-state index in [-0.39, 0.29) is 0 Å². The van der Waals surface area contributed by atoms with Crippen LogP contribution in [0.5, 0.6) is 0 Å². The van der Waals surface area contributed by atoms with Crippen molar-refractivity contribution in [1.82, 2.24) is 0 Å². The number of alkyl halides is 22. The van der Waals surface area contributed by atoms with Crippen molar-refractivity contribution in [1.29, 1.82) is 0 Å². The molecule has 0 saturated heterocycles. The summed E-state index contributed by atoms with van der Waals surface area (Å²) in [6.07, 6.45) is -23.5. The van der Waals surface area contributed by atoms with Gasteiger partial charge in [0, 0.05) is 0 Å². The standard InChI is InChI=1S/C11F22O2/c12-2(13,1(34)35-8(24,10(28,29)30)11(31,32)33)3(14,15)4(16,17)5(18,19)6(20,21)7(22,23)9(25,26)27. The summed E-state index contributed by atoms with van der Waals surface area (Å²) in [5, 5.41) is 0. The zero-order valence-corrected chi connectivity index (χ0v) is 14.6. The maximum atomic E-state index is 13.3. The van der Waals surface area contributed by atoms with Gasteiger partial charge in [0.25, 0.3) is 0 Å². The molecule has 0 atom stereocenters. The highest BCUT2D eigenvalue weighted by atomic mass is 19.4. The third-order valence-corrected chi connectivity index (χ3v) is 3.55. The van der Waals surface area contributed by atoms with E-state index in [1.165, 1.54) is 4.74 Å². The van der Waals surface area contributed by atoms with Crippen LogP contribution in [0.15, 0.2) is 0 Å². The summed E-state index contributed by atoms with van der Waals surface area (Å²) < 4.78 is 279. The van der Waals surface area contributed by atoms with E-state index in [0.717, 1.165) is 0 Å². The van der Waals surface area contributed by atoms with Gasteiger partial charge in [-0.25, -0.2) is 4.79 Å². The molecule has 24 heteroatoms. The van der Waals surface area contributed by atoms with Gasteiger partial charge in [-0.1, -0.05) is 0 Å². The normalized spacial score (nSPS) is 16.4. The molecule has 0 bridgehead atoms. The lowest BCUT2D eigenvalue weighted by molar-refractivity contribution is -0.453. The topological polar surface area (TPSA) is 26.3 Å². The second-order valence-corrected chi connectivity index (χ2v) is 5.92. The van der Waals surface area contributed by atoms with Crippen LogP contribution in [0.3, 0.4) is 0 Å². The van der Waals surface area contributed by atoms with Gasteiger partial charge in [0.05, 0.1) is 0 Å². The molecule has 0 rings (SSSR count). The van der Waals surface area contributed by atoms with E-state index in [1.54, 1.807) is 0 Å². The van der Waals surface area contributed by atoms with Crippen LogP contribution in [0.4, 0.5) is 96.6 Å². The first-order valence-electron chi connectivity index (χ1n) is 7.02. The first-order valence-corrected chi connectivity index (χ1v) is 7.02. The van der Waals surface area contributed by atoms with Gasteiger partial charge in [0.1, 0.15) is 0 Å². The van der Waals surface area contributed by atoms with Crippen molar-refractivity contribution in [3.63, 3.8) is 0 Å². The zero-order chi connectivity index (χ0) is 29.3. The molecule has 35 heavy (non-hydrogen) atoms. The Hall–Kier alpha value is -2.07. The summed E-state index contributed by atoms with van der Waals surface area (Å²) in [5.41, 5.74) is 0. The van der Waals surface area contributed by atoms with E-state index >= 15 is 0 Å². The van der Waals surface area contributed by atoms with Crippen LogP contribution in [0.25, 0.3) is 0 Å². The summed E-state index contributed by atoms with van der Waals surface area (Å²) in [6.45, 7) is 0. The Morgan fingerprint density at radius 2 is 0.629 bits per heavy atom. The van der Waals surface area contributed by atoms with Crippen molar-refractivity contribution in [2.45, 2.75) is 59.9 Å². The summed E-state index contributed by atoms with van der Waals surface area (Å²) >= 11 is 0. The molecule has 0 radical (unpaired) electrons. The van der Waals surface area contributed by atoms with Crippen molar-refractivity contribution in [3.8, 4) is 0 Å². The van der Waals surface area contributed by atoms with Gasteiger partial charge in [-0.3, -0.25) is 0 Å². The number of hydrogen-bond acceptors (Lipinski definition) is 2. The molecule has 0 amide bonds. The van der Waals surface area contributed by atoms with Crippen molar-refractivity contribution in [2.24, 2.45) is 0 Å². The van der Waals surface area contributed by atoms with Crippen molar-refractivity contribution in [2.75, 3.05) is 0 Å². The first-order chi connectivity index (χ1) is 14.6. The lowest BCUT2D eigenvalue weighted by Crippen LogP contribution is -2.73. The molecule has 0 unspecified atom stereocenters. The van der Waals surface area contributed by atoms with E-state index in [0.29, 0.717) is 0 Å². The minimum Gasteiger partial charge on any atom is -0.408 e. The smallest absolute Gasteiger partial charge is 0.408 e. The second-order valence-electron chi connectivity index (χ2n) is 5.92. The van der Waals surface area contributed by atoms with Crippen LogP contribution in [-0.2, 0) is 9.53 Å². The van der Waals surface area contributed by atoms with Gasteiger partial charge in [-0.15, -0.1) is 0 Å². The van der Waals surface area contributed by atoms with Crippen LogP contribution in [0, 0.1) is 0 Å².